The van der Waals surface area contributed by atoms with Crippen LogP contribution in [0.5, 0.6) is 0 Å². The molecule has 3 amide bonds. The van der Waals surface area contributed by atoms with Gasteiger partial charge in [-0.3, -0.25) is 19.3 Å². The Labute approximate surface area is 234 Å². The molecule has 0 saturated carbocycles. The Kier molecular flexibility index (Phi) is 9.34. The Hall–Kier alpha value is -1.55. The summed E-state index contributed by atoms with van der Waals surface area (Å²) in [6.45, 7) is 1.20. The van der Waals surface area contributed by atoms with Crippen molar-refractivity contribution in [2.24, 2.45) is 0 Å². The van der Waals surface area contributed by atoms with Gasteiger partial charge in [-0.15, -0.1) is 0 Å². The minimum Gasteiger partial charge on any atom is -0.454 e. The zero-order valence-electron chi connectivity index (χ0n) is 17.9. The average molecular weight is 646 g/mol. The van der Waals surface area contributed by atoms with Crippen LogP contribution < -0.4 is 5.32 Å². The van der Waals surface area contributed by atoms with Crippen molar-refractivity contribution in [1.29, 1.82) is 0 Å². The molecular formula is C22H16BrCl5N2O5. The molecule has 2 aromatic carbocycles. The largest absolute Gasteiger partial charge is 0.454 e. The summed E-state index contributed by atoms with van der Waals surface area (Å²) in [6, 6.07) is 3.50. The van der Waals surface area contributed by atoms with Crippen molar-refractivity contribution in [3.8, 4) is 0 Å². The predicted molar refractivity (Wildman–Crippen MR) is 139 cm³/mol. The van der Waals surface area contributed by atoms with Crippen LogP contribution >= 0.6 is 73.9 Å². The highest BCUT2D eigenvalue weighted by Gasteiger charge is 2.47. The number of imide groups is 1. The number of unbranched alkanes of at least 4 members (excludes halogenated alkanes) is 1. The van der Waals surface area contributed by atoms with E-state index in [-0.39, 0.29) is 42.7 Å². The van der Waals surface area contributed by atoms with Crippen molar-refractivity contribution in [2.75, 3.05) is 11.9 Å². The number of fused-ring (bicyclic) bond motifs is 1. The molecule has 0 bridgehead atoms. The molecule has 0 spiro atoms. The third-order valence-corrected chi connectivity index (χ3v) is 7.71. The van der Waals surface area contributed by atoms with Gasteiger partial charge in [0.2, 0.25) is 0 Å². The minimum absolute atomic E-state index is 0.0949. The first kappa shape index (κ1) is 28.0. The molecule has 1 N–H and O–H groups in total. The van der Waals surface area contributed by atoms with Gasteiger partial charge < -0.3 is 10.1 Å². The van der Waals surface area contributed by atoms with Crippen molar-refractivity contribution < 1.29 is 23.9 Å². The summed E-state index contributed by atoms with van der Waals surface area (Å²) in [5.74, 6) is -3.34. The number of esters is 1. The Morgan fingerprint density at radius 1 is 1.00 bits per heavy atom. The summed E-state index contributed by atoms with van der Waals surface area (Å²) in [6.07, 6.45) is 1.24. The van der Waals surface area contributed by atoms with E-state index in [1.165, 1.54) is 0 Å². The Morgan fingerprint density at radius 2 is 1.57 bits per heavy atom. The van der Waals surface area contributed by atoms with Gasteiger partial charge in [0.25, 0.3) is 17.7 Å². The molecule has 13 heteroatoms. The first-order chi connectivity index (χ1) is 16.5. The maximum absolute atomic E-state index is 13.2. The van der Waals surface area contributed by atoms with Gasteiger partial charge >= 0.3 is 5.97 Å². The molecule has 0 aromatic heterocycles. The fraction of sp³-hybridized carbons (Fsp3) is 0.273. The van der Waals surface area contributed by atoms with E-state index in [4.69, 9.17) is 62.7 Å². The quantitative estimate of drug-likeness (QED) is 0.144. The Morgan fingerprint density at radius 3 is 2.09 bits per heavy atom. The van der Waals surface area contributed by atoms with Crippen molar-refractivity contribution in [3.63, 3.8) is 0 Å². The molecule has 0 radical (unpaired) electrons. The van der Waals surface area contributed by atoms with Crippen LogP contribution in [0.1, 0.15) is 46.9 Å². The smallest absolute Gasteiger partial charge is 0.329 e. The van der Waals surface area contributed by atoms with E-state index in [1.54, 1.807) is 18.2 Å². The molecule has 0 saturated heterocycles. The third kappa shape index (κ3) is 5.73. The van der Waals surface area contributed by atoms with E-state index >= 15 is 0 Å². The predicted octanol–water partition coefficient (Wildman–Crippen LogP) is 7.05. The summed E-state index contributed by atoms with van der Waals surface area (Å²) < 4.78 is 5.86. The molecule has 2 aromatic rings. The lowest BCUT2D eigenvalue weighted by atomic mass is 10.1. The summed E-state index contributed by atoms with van der Waals surface area (Å²) in [7, 11) is 0. The van der Waals surface area contributed by atoms with Crippen molar-refractivity contribution in [3.05, 3.63) is 58.9 Å². The molecule has 3 rings (SSSR count). The lowest BCUT2D eigenvalue weighted by molar-refractivity contribution is -0.151. The first-order valence-corrected chi connectivity index (χ1v) is 12.8. The standard InChI is InChI=1S/C22H16BrCl5N2O5/c1-2-3-4-12(22(34)35-8-13(31)29-11-6-5-9(23)7-10(11)24)30-20(32)14-15(21(30)33)17(26)19(28)18(27)16(14)25/h5-7,12H,2-4,8H2,1H3,(H,29,31)/t12-/m0/s1. The fourth-order valence-electron chi connectivity index (χ4n) is 3.41. The monoisotopic (exact) mass is 642 g/mol. The highest BCUT2D eigenvalue weighted by Crippen LogP contribution is 2.45. The van der Waals surface area contributed by atoms with Gasteiger partial charge in [0, 0.05) is 4.47 Å². The molecule has 1 aliphatic heterocycles. The van der Waals surface area contributed by atoms with E-state index in [9.17, 15) is 19.2 Å². The number of amides is 3. The number of carbonyl (C=O) groups is 4. The van der Waals surface area contributed by atoms with Gasteiger partial charge in [0.05, 0.1) is 41.9 Å². The second-order valence-electron chi connectivity index (χ2n) is 7.42. The molecular weight excluding hydrogens is 629 g/mol. The van der Waals surface area contributed by atoms with Crippen LogP contribution in [0.4, 0.5) is 5.69 Å². The second kappa shape index (κ2) is 11.7. The van der Waals surface area contributed by atoms with E-state index in [0.717, 1.165) is 9.37 Å². The Bertz CT molecular complexity index is 1190. The zero-order chi connectivity index (χ0) is 26.0. The van der Waals surface area contributed by atoms with E-state index in [2.05, 4.69) is 21.2 Å². The molecule has 186 valence electrons. The third-order valence-electron chi connectivity index (χ3n) is 5.10. The lowest BCUT2D eigenvalue weighted by Gasteiger charge is -2.24. The molecule has 0 aliphatic carbocycles. The van der Waals surface area contributed by atoms with E-state index in [0.29, 0.717) is 18.5 Å². The highest BCUT2D eigenvalue weighted by molar-refractivity contribution is 9.10. The molecule has 7 nitrogen and oxygen atoms in total. The number of hydrogen-bond acceptors (Lipinski definition) is 5. The number of nitrogens with one attached hydrogen (secondary N) is 1. The van der Waals surface area contributed by atoms with Crippen LogP contribution in [-0.4, -0.2) is 41.2 Å². The van der Waals surface area contributed by atoms with E-state index in [1.807, 2.05) is 6.92 Å². The lowest BCUT2D eigenvalue weighted by Crippen LogP contribution is -2.46. The molecule has 1 heterocycles. The van der Waals surface area contributed by atoms with Gasteiger partial charge in [-0.2, -0.15) is 0 Å². The van der Waals surface area contributed by atoms with Crippen molar-refractivity contribution >= 4 is 103 Å². The number of rotatable bonds is 8. The van der Waals surface area contributed by atoms with Crippen molar-refractivity contribution in [1.82, 2.24) is 4.90 Å². The zero-order valence-corrected chi connectivity index (χ0v) is 23.3. The summed E-state index contributed by atoms with van der Waals surface area (Å²) in [5.41, 5.74) is -0.169. The maximum atomic E-state index is 13.2. The highest BCUT2D eigenvalue weighted by atomic mass is 79.9. The number of carbonyl (C=O) groups excluding carboxylic acids is 4. The number of halogens is 6. The van der Waals surface area contributed by atoms with Crippen LogP contribution in [0.15, 0.2) is 22.7 Å². The Balaban J connectivity index is 1.81. The SMILES string of the molecule is CCCC[C@@H](C(=O)OCC(=O)Nc1ccc(Br)cc1Cl)N1C(=O)c2c(Cl)c(Cl)c(Cl)c(Cl)c2C1=O. The summed E-state index contributed by atoms with van der Waals surface area (Å²) in [4.78, 5) is 52.3. The number of nitrogens with zero attached hydrogens (tertiary/aromatic N) is 1. The number of hydrogen-bond donors (Lipinski definition) is 1. The molecule has 0 unspecified atom stereocenters. The topological polar surface area (TPSA) is 92.8 Å². The van der Waals surface area contributed by atoms with Crippen LogP contribution in [-0.2, 0) is 14.3 Å². The molecule has 1 atom stereocenters. The van der Waals surface area contributed by atoms with Gasteiger partial charge in [0.1, 0.15) is 6.04 Å². The second-order valence-corrected chi connectivity index (χ2v) is 10.3. The number of benzene rings is 2. The number of anilines is 1. The van der Waals surface area contributed by atoms with Crippen molar-refractivity contribution in [2.45, 2.75) is 32.2 Å². The normalized spacial score (nSPS) is 13.6. The van der Waals surface area contributed by atoms with E-state index < -0.39 is 36.3 Å². The molecule has 35 heavy (non-hydrogen) atoms. The van der Waals surface area contributed by atoms with Gasteiger partial charge in [-0.25, -0.2) is 4.79 Å². The van der Waals surface area contributed by atoms with Crippen LogP contribution in [0.2, 0.25) is 25.1 Å². The molecule has 1 aliphatic rings. The number of ether oxygens (including phenoxy) is 1. The van der Waals surface area contributed by atoms with Crippen LogP contribution in [0.3, 0.4) is 0 Å². The van der Waals surface area contributed by atoms with Gasteiger partial charge in [-0.05, 0) is 24.6 Å². The summed E-state index contributed by atoms with van der Waals surface area (Å²) in [5, 5.41) is 1.94. The molecule has 0 fully saturated rings. The average Bonchev–Trinajstić information content (AvgIpc) is 3.07. The van der Waals surface area contributed by atoms with Gasteiger partial charge in [0.15, 0.2) is 6.61 Å². The fourth-order valence-corrected chi connectivity index (χ4v) is 5.14. The van der Waals surface area contributed by atoms with Crippen LogP contribution in [0.25, 0.3) is 0 Å². The maximum Gasteiger partial charge on any atom is 0.329 e. The summed E-state index contributed by atoms with van der Waals surface area (Å²) >= 11 is 33.8. The van der Waals surface area contributed by atoms with Gasteiger partial charge in [-0.1, -0.05) is 93.7 Å². The van der Waals surface area contributed by atoms with Crippen LogP contribution in [0, 0.1) is 0 Å². The minimum atomic E-state index is -1.32. The first-order valence-electron chi connectivity index (χ1n) is 10.1.